The summed E-state index contributed by atoms with van der Waals surface area (Å²) in [5, 5.41) is 16.3. The third-order valence-corrected chi connectivity index (χ3v) is 5.16. The molecule has 0 spiro atoms. The summed E-state index contributed by atoms with van der Waals surface area (Å²) in [6.45, 7) is 7.32. The van der Waals surface area contributed by atoms with Crippen molar-refractivity contribution < 1.29 is 29.0 Å². The third kappa shape index (κ3) is 3.54. The summed E-state index contributed by atoms with van der Waals surface area (Å²) in [7, 11) is 1.27. The molecule has 9 heteroatoms. The van der Waals surface area contributed by atoms with Crippen molar-refractivity contribution in [3.8, 4) is 0 Å². The van der Waals surface area contributed by atoms with Gasteiger partial charge in [-0.05, 0) is 18.3 Å². The summed E-state index contributed by atoms with van der Waals surface area (Å²) in [6, 6.07) is -0.900. The number of amides is 3. The van der Waals surface area contributed by atoms with Crippen LogP contribution in [-0.4, -0.2) is 52.8 Å². The van der Waals surface area contributed by atoms with E-state index < -0.39 is 29.9 Å². The standard InChI is InChI=1S/C19H27N3O6/c1-6-11(4)13-15-21-17(25)19(27,9-12(28-5)7-8-23)18(26)22(15)14(10(2)3)16(24)20-13/h7-8,10-11,14,27H,6,9H2,1-5H3,(H,20,24)(H,21,25)/b12-7+/t11-,14-,19+/m1/s1. The van der Waals surface area contributed by atoms with Crippen molar-refractivity contribution in [3.05, 3.63) is 23.4 Å². The van der Waals surface area contributed by atoms with Gasteiger partial charge in [0, 0.05) is 6.08 Å². The van der Waals surface area contributed by atoms with Gasteiger partial charge in [-0.3, -0.25) is 24.1 Å². The Balaban J connectivity index is 2.60. The Morgan fingerprint density at radius 3 is 2.43 bits per heavy atom. The van der Waals surface area contributed by atoms with Gasteiger partial charge in [0.15, 0.2) is 0 Å². The van der Waals surface area contributed by atoms with E-state index in [1.165, 1.54) is 12.0 Å². The highest BCUT2D eigenvalue weighted by Crippen LogP contribution is 2.34. The van der Waals surface area contributed by atoms with Crippen molar-refractivity contribution in [1.82, 2.24) is 15.5 Å². The highest BCUT2D eigenvalue weighted by molar-refractivity contribution is 6.13. The fourth-order valence-corrected chi connectivity index (χ4v) is 3.36. The molecular weight excluding hydrogens is 366 g/mol. The quantitative estimate of drug-likeness (QED) is 0.245. The first kappa shape index (κ1) is 21.6. The summed E-state index contributed by atoms with van der Waals surface area (Å²) in [5.41, 5.74) is -2.07. The minimum absolute atomic E-state index is 0.0295. The smallest absolute Gasteiger partial charge is 0.271 e. The second kappa shape index (κ2) is 8.14. The van der Waals surface area contributed by atoms with Crippen molar-refractivity contribution in [2.75, 3.05) is 7.11 Å². The zero-order valence-electron chi connectivity index (χ0n) is 16.7. The summed E-state index contributed by atoms with van der Waals surface area (Å²) >= 11 is 0. The highest BCUT2D eigenvalue weighted by Gasteiger charge is 2.57. The maximum atomic E-state index is 13.3. The average molecular weight is 393 g/mol. The molecule has 3 atom stereocenters. The van der Waals surface area contributed by atoms with E-state index in [9.17, 15) is 24.3 Å². The molecule has 2 heterocycles. The topological polar surface area (TPSA) is 125 Å². The van der Waals surface area contributed by atoms with E-state index in [1.54, 1.807) is 13.8 Å². The van der Waals surface area contributed by atoms with Crippen LogP contribution in [0.2, 0.25) is 0 Å². The van der Waals surface area contributed by atoms with Gasteiger partial charge in [0.05, 0.1) is 19.2 Å². The minimum Gasteiger partial charge on any atom is -0.501 e. The fourth-order valence-electron chi connectivity index (χ4n) is 3.36. The predicted molar refractivity (Wildman–Crippen MR) is 99.0 cm³/mol. The van der Waals surface area contributed by atoms with Gasteiger partial charge in [0.1, 0.15) is 23.9 Å². The number of nitrogens with zero attached hydrogens (tertiary/aromatic N) is 1. The SMILES string of the molecule is CC[C@@H](C)C1=C2NC(=O)[C@@](O)(C/C(=C\C=O)OC)C(=O)N2[C@H](C(C)C)C(=O)N1. The van der Waals surface area contributed by atoms with Gasteiger partial charge in [-0.25, -0.2) is 0 Å². The molecule has 3 N–H and O–H groups in total. The van der Waals surface area contributed by atoms with Crippen LogP contribution in [0.3, 0.4) is 0 Å². The molecule has 2 aliphatic rings. The van der Waals surface area contributed by atoms with Crippen molar-refractivity contribution in [1.29, 1.82) is 0 Å². The molecule has 0 unspecified atom stereocenters. The second-order valence-electron chi connectivity index (χ2n) is 7.39. The highest BCUT2D eigenvalue weighted by atomic mass is 16.5. The van der Waals surface area contributed by atoms with Crippen molar-refractivity contribution in [2.45, 2.75) is 52.2 Å². The Morgan fingerprint density at radius 1 is 1.29 bits per heavy atom. The van der Waals surface area contributed by atoms with E-state index in [1.807, 2.05) is 13.8 Å². The van der Waals surface area contributed by atoms with Gasteiger partial charge < -0.3 is 20.5 Å². The molecule has 154 valence electrons. The number of ether oxygens (including phenoxy) is 1. The summed E-state index contributed by atoms with van der Waals surface area (Å²) in [4.78, 5) is 50.7. The van der Waals surface area contributed by atoms with E-state index in [0.29, 0.717) is 18.4 Å². The molecule has 1 fully saturated rings. The van der Waals surface area contributed by atoms with Crippen LogP contribution >= 0.6 is 0 Å². The lowest BCUT2D eigenvalue weighted by Gasteiger charge is -2.47. The number of aliphatic hydroxyl groups is 1. The number of hydrogen-bond donors (Lipinski definition) is 3. The number of carbonyl (C=O) groups is 4. The van der Waals surface area contributed by atoms with Gasteiger partial charge in [-0.1, -0.05) is 27.7 Å². The first-order valence-corrected chi connectivity index (χ1v) is 9.23. The molecule has 28 heavy (non-hydrogen) atoms. The molecule has 3 amide bonds. The van der Waals surface area contributed by atoms with Crippen LogP contribution in [0.5, 0.6) is 0 Å². The molecule has 0 aromatic heterocycles. The van der Waals surface area contributed by atoms with Crippen LogP contribution in [0.4, 0.5) is 0 Å². The lowest BCUT2D eigenvalue weighted by Crippen LogP contribution is -2.71. The van der Waals surface area contributed by atoms with Crippen LogP contribution < -0.4 is 10.6 Å². The Morgan fingerprint density at radius 2 is 1.93 bits per heavy atom. The Labute approximate surface area is 163 Å². The summed E-state index contributed by atoms with van der Waals surface area (Å²) in [6.07, 6.45) is 1.60. The Kier molecular flexibility index (Phi) is 6.28. The molecule has 0 radical (unpaired) electrons. The van der Waals surface area contributed by atoms with Gasteiger partial charge in [-0.2, -0.15) is 0 Å². The van der Waals surface area contributed by atoms with E-state index in [2.05, 4.69) is 10.6 Å². The average Bonchev–Trinajstić information content (AvgIpc) is 2.65. The molecule has 9 nitrogen and oxygen atoms in total. The first-order chi connectivity index (χ1) is 13.1. The lowest BCUT2D eigenvalue weighted by atomic mass is 9.87. The van der Waals surface area contributed by atoms with Crippen LogP contribution in [-0.2, 0) is 23.9 Å². The molecule has 0 aromatic rings. The molecule has 0 bridgehead atoms. The maximum absolute atomic E-state index is 13.3. The summed E-state index contributed by atoms with van der Waals surface area (Å²) < 4.78 is 4.99. The molecule has 2 aliphatic heterocycles. The van der Waals surface area contributed by atoms with E-state index in [0.717, 1.165) is 6.08 Å². The second-order valence-corrected chi connectivity index (χ2v) is 7.39. The number of allylic oxidation sites excluding steroid dienone is 2. The number of aldehydes is 1. The van der Waals surface area contributed by atoms with Crippen LogP contribution in [0.25, 0.3) is 0 Å². The maximum Gasteiger partial charge on any atom is 0.271 e. The molecular formula is C19H27N3O6. The Hall–Kier alpha value is -2.68. The van der Waals surface area contributed by atoms with Gasteiger partial charge in [0.2, 0.25) is 11.5 Å². The largest absolute Gasteiger partial charge is 0.501 e. The first-order valence-electron chi connectivity index (χ1n) is 9.23. The normalized spacial score (nSPS) is 26.7. The molecule has 1 saturated heterocycles. The van der Waals surface area contributed by atoms with Crippen LogP contribution in [0.1, 0.15) is 40.5 Å². The van der Waals surface area contributed by atoms with Crippen molar-refractivity contribution in [3.63, 3.8) is 0 Å². The van der Waals surface area contributed by atoms with Crippen LogP contribution in [0.15, 0.2) is 23.4 Å². The zero-order chi connectivity index (χ0) is 21.2. The van der Waals surface area contributed by atoms with Crippen LogP contribution in [0, 0.1) is 11.8 Å². The number of carbonyl (C=O) groups excluding carboxylic acids is 4. The van der Waals surface area contributed by atoms with Gasteiger partial charge in [-0.15, -0.1) is 0 Å². The van der Waals surface area contributed by atoms with E-state index in [4.69, 9.17) is 4.74 Å². The number of methoxy groups -OCH3 is 1. The predicted octanol–water partition coefficient (Wildman–Crippen LogP) is 0.165. The molecule has 2 rings (SSSR count). The molecule has 0 aromatic carbocycles. The van der Waals surface area contributed by atoms with Crippen molar-refractivity contribution >= 4 is 24.0 Å². The number of nitrogens with one attached hydrogen (secondary N) is 2. The van der Waals surface area contributed by atoms with Gasteiger partial charge in [0.25, 0.3) is 11.8 Å². The van der Waals surface area contributed by atoms with E-state index >= 15 is 0 Å². The van der Waals surface area contributed by atoms with Crippen molar-refractivity contribution in [2.24, 2.45) is 11.8 Å². The summed E-state index contributed by atoms with van der Waals surface area (Å²) in [5.74, 6) is -2.48. The molecule has 0 saturated carbocycles. The monoisotopic (exact) mass is 393 g/mol. The van der Waals surface area contributed by atoms with E-state index in [-0.39, 0.29) is 29.3 Å². The third-order valence-electron chi connectivity index (χ3n) is 5.16. The minimum atomic E-state index is -2.50. The fraction of sp³-hybridized carbons (Fsp3) is 0.579. The zero-order valence-corrected chi connectivity index (χ0v) is 16.7. The lowest BCUT2D eigenvalue weighted by molar-refractivity contribution is -0.170. The number of rotatable bonds is 7. The number of fused-ring (bicyclic) bond motifs is 1. The van der Waals surface area contributed by atoms with Gasteiger partial charge >= 0.3 is 0 Å². The molecule has 0 aliphatic carbocycles. The Bertz CT molecular complexity index is 757. The number of hydrogen-bond acceptors (Lipinski definition) is 6.